The smallest absolute Gasteiger partial charge is 0.339 e. The van der Waals surface area contributed by atoms with Crippen molar-refractivity contribution < 1.29 is 9.53 Å². The minimum absolute atomic E-state index is 0.403. The van der Waals surface area contributed by atoms with Gasteiger partial charge in [-0.2, -0.15) is 5.26 Å². The van der Waals surface area contributed by atoms with Crippen LogP contribution in [0.4, 0.5) is 5.69 Å². The summed E-state index contributed by atoms with van der Waals surface area (Å²) in [5, 5.41) is 13.8. The largest absolute Gasteiger partial charge is 0.465 e. The van der Waals surface area contributed by atoms with Crippen molar-refractivity contribution >= 4 is 22.6 Å². The van der Waals surface area contributed by atoms with Crippen LogP contribution in [0.2, 0.25) is 0 Å². The van der Waals surface area contributed by atoms with Crippen molar-refractivity contribution in [1.29, 1.82) is 5.26 Å². The van der Waals surface area contributed by atoms with Crippen molar-refractivity contribution in [3.63, 3.8) is 0 Å². The van der Waals surface area contributed by atoms with Gasteiger partial charge in [-0.25, -0.2) is 4.79 Å². The maximum atomic E-state index is 11.8. The van der Waals surface area contributed by atoms with E-state index in [2.05, 4.69) is 22.4 Å². The fraction of sp³-hybridized carbons (Fsp3) is 0.200. The molecule has 0 fully saturated rings. The number of fused-ring (bicyclic) bond motifs is 1. The molecule has 0 radical (unpaired) electrons. The molecule has 126 valence electrons. The standard InChI is InChI=1S/C20H19N3O2/c1-25-20(24)17-7-3-5-9-19(17)23-15(12-21)11-10-14-13-22-18-8-4-2-6-16(14)18/h2-9,13,15,22-23H,10-11H2,1H3. The van der Waals surface area contributed by atoms with E-state index in [1.54, 1.807) is 18.2 Å². The summed E-state index contributed by atoms with van der Waals surface area (Å²) in [4.78, 5) is 15.1. The molecule has 1 aromatic heterocycles. The third-order valence-corrected chi connectivity index (χ3v) is 4.20. The number of nitriles is 1. The Morgan fingerprint density at radius 3 is 2.80 bits per heavy atom. The van der Waals surface area contributed by atoms with Gasteiger partial charge in [0.05, 0.1) is 18.7 Å². The summed E-state index contributed by atoms with van der Waals surface area (Å²) in [6.45, 7) is 0. The van der Waals surface area contributed by atoms with Gasteiger partial charge in [-0.1, -0.05) is 30.3 Å². The van der Waals surface area contributed by atoms with Gasteiger partial charge in [-0.05, 0) is 36.6 Å². The lowest BCUT2D eigenvalue weighted by molar-refractivity contribution is 0.0602. The van der Waals surface area contributed by atoms with E-state index in [1.807, 2.05) is 30.5 Å². The van der Waals surface area contributed by atoms with Gasteiger partial charge in [0.2, 0.25) is 0 Å². The van der Waals surface area contributed by atoms with Crippen LogP contribution in [-0.2, 0) is 11.2 Å². The summed E-state index contributed by atoms with van der Waals surface area (Å²) in [6.07, 6.45) is 3.38. The van der Waals surface area contributed by atoms with E-state index in [0.29, 0.717) is 17.7 Å². The number of benzene rings is 2. The van der Waals surface area contributed by atoms with Gasteiger partial charge in [0, 0.05) is 22.8 Å². The second-order valence-corrected chi connectivity index (χ2v) is 5.76. The van der Waals surface area contributed by atoms with Crippen LogP contribution in [0.25, 0.3) is 10.9 Å². The highest BCUT2D eigenvalue weighted by molar-refractivity contribution is 5.95. The molecular weight excluding hydrogens is 314 g/mol. The van der Waals surface area contributed by atoms with Crippen LogP contribution in [0.5, 0.6) is 0 Å². The Balaban J connectivity index is 1.72. The number of rotatable bonds is 6. The Morgan fingerprint density at radius 2 is 2.00 bits per heavy atom. The first-order chi connectivity index (χ1) is 12.2. The first-order valence-electron chi connectivity index (χ1n) is 8.11. The zero-order valence-corrected chi connectivity index (χ0v) is 14.0. The number of carbonyl (C=O) groups excluding carboxylic acids is 1. The van der Waals surface area contributed by atoms with Crippen LogP contribution in [0, 0.1) is 11.3 Å². The molecule has 1 atom stereocenters. The zero-order chi connectivity index (χ0) is 17.6. The van der Waals surface area contributed by atoms with Gasteiger partial charge < -0.3 is 15.0 Å². The number of hydrogen-bond donors (Lipinski definition) is 2. The number of esters is 1. The maximum absolute atomic E-state index is 11.8. The molecule has 0 saturated carbocycles. The monoisotopic (exact) mass is 333 g/mol. The van der Waals surface area contributed by atoms with Crippen molar-refractivity contribution in [3.05, 3.63) is 65.9 Å². The Bertz CT molecular complexity index is 924. The number of ether oxygens (including phenoxy) is 1. The molecule has 25 heavy (non-hydrogen) atoms. The highest BCUT2D eigenvalue weighted by Crippen LogP contribution is 2.21. The van der Waals surface area contributed by atoms with Crippen LogP contribution in [0.3, 0.4) is 0 Å². The van der Waals surface area contributed by atoms with E-state index in [0.717, 1.165) is 11.9 Å². The van der Waals surface area contributed by atoms with E-state index >= 15 is 0 Å². The topological polar surface area (TPSA) is 77.9 Å². The number of methoxy groups -OCH3 is 1. The van der Waals surface area contributed by atoms with Crippen LogP contribution >= 0.6 is 0 Å². The number of carbonyl (C=O) groups is 1. The minimum atomic E-state index is -0.420. The average molecular weight is 333 g/mol. The number of nitrogens with zero attached hydrogens (tertiary/aromatic N) is 1. The number of aromatic amines is 1. The molecule has 5 nitrogen and oxygen atoms in total. The van der Waals surface area contributed by atoms with Crippen molar-refractivity contribution in [3.8, 4) is 6.07 Å². The van der Waals surface area contributed by atoms with E-state index in [4.69, 9.17) is 4.74 Å². The van der Waals surface area contributed by atoms with Crippen molar-refractivity contribution in [2.45, 2.75) is 18.9 Å². The molecule has 0 bridgehead atoms. The van der Waals surface area contributed by atoms with Crippen LogP contribution in [-0.4, -0.2) is 24.1 Å². The number of hydrogen-bond acceptors (Lipinski definition) is 4. The molecule has 2 aromatic carbocycles. The molecule has 0 aliphatic rings. The molecule has 0 aliphatic carbocycles. The molecule has 1 heterocycles. The van der Waals surface area contributed by atoms with Gasteiger partial charge >= 0.3 is 5.97 Å². The molecule has 5 heteroatoms. The van der Waals surface area contributed by atoms with Crippen molar-refractivity contribution in [2.24, 2.45) is 0 Å². The Kier molecular flexibility index (Phi) is 5.00. The lowest BCUT2D eigenvalue weighted by atomic mass is 10.0. The first-order valence-corrected chi connectivity index (χ1v) is 8.11. The third-order valence-electron chi connectivity index (χ3n) is 4.20. The maximum Gasteiger partial charge on any atom is 0.339 e. The van der Waals surface area contributed by atoms with Crippen LogP contribution in [0.1, 0.15) is 22.3 Å². The summed E-state index contributed by atoms with van der Waals surface area (Å²) in [5.41, 5.74) is 3.31. The SMILES string of the molecule is COC(=O)c1ccccc1NC(C#N)CCc1c[nH]c2ccccc12. The van der Waals surface area contributed by atoms with E-state index in [9.17, 15) is 10.1 Å². The van der Waals surface area contributed by atoms with Crippen molar-refractivity contribution in [1.82, 2.24) is 4.98 Å². The highest BCUT2D eigenvalue weighted by Gasteiger charge is 2.15. The number of H-pyrrole nitrogens is 1. The van der Waals surface area contributed by atoms with Gasteiger partial charge in [0.15, 0.2) is 0 Å². The summed E-state index contributed by atoms with van der Waals surface area (Å²) in [6, 6.07) is 17.0. The molecule has 0 saturated heterocycles. The highest BCUT2D eigenvalue weighted by atomic mass is 16.5. The number of nitrogens with one attached hydrogen (secondary N) is 2. The van der Waals surface area contributed by atoms with Gasteiger partial charge in [0.25, 0.3) is 0 Å². The van der Waals surface area contributed by atoms with Gasteiger partial charge in [-0.3, -0.25) is 0 Å². The zero-order valence-electron chi connectivity index (χ0n) is 14.0. The summed E-state index contributed by atoms with van der Waals surface area (Å²) in [7, 11) is 1.35. The molecule has 1 unspecified atom stereocenters. The predicted molar refractivity (Wildman–Crippen MR) is 97.4 cm³/mol. The van der Waals surface area contributed by atoms with E-state index < -0.39 is 12.0 Å². The normalized spacial score (nSPS) is 11.7. The fourth-order valence-corrected chi connectivity index (χ4v) is 2.89. The number of aryl methyl sites for hydroxylation is 1. The second kappa shape index (κ2) is 7.54. The van der Waals surface area contributed by atoms with Crippen LogP contribution < -0.4 is 5.32 Å². The predicted octanol–water partition coefficient (Wildman–Crippen LogP) is 3.89. The van der Waals surface area contributed by atoms with Crippen molar-refractivity contribution in [2.75, 3.05) is 12.4 Å². The summed E-state index contributed by atoms with van der Waals surface area (Å²) in [5.74, 6) is -0.420. The molecular formula is C20H19N3O2. The first kappa shape index (κ1) is 16.6. The number of para-hydroxylation sites is 2. The van der Waals surface area contributed by atoms with Crippen LogP contribution in [0.15, 0.2) is 54.7 Å². The molecule has 2 N–H and O–H groups in total. The fourth-order valence-electron chi connectivity index (χ4n) is 2.89. The number of aromatic nitrogens is 1. The summed E-state index contributed by atoms with van der Waals surface area (Å²) < 4.78 is 4.79. The number of anilines is 1. The van der Waals surface area contributed by atoms with E-state index in [-0.39, 0.29) is 0 Å². The molecule has 3 rings (SSSR count). The Hall–Kier alpha value is -3.26. The van der Waals surface area contributed by atoms with Gasteiger partial charge in [0.1, 0.15) is 6.04 Å². The summed E-state index contributed by atoms with van der Waals surface area (Å²) >= 11 is 0. The lowest BCUT2D eigenvalue weighted by Crippen LogP contribution is -2.20. The van der Waals surface area contributed by atoms with Gasteiger partial charge in [-0.15, -0.1) is 0 Å². The second-order valence-electron chi connectivity index (χ2n) is 5.76. The Morgan fingerprint density at radius 1 is 1.24 bits per heavy atom. The Labute approximate surface area is 146 Å². The molecule has 0 aliphatic heterocycles. The van der Waals surface area contributed by atoms with E-state index in [1.165, 1.54) is 18.1 Å². The third kappa shape index (κ3) is 3.64. The molecule has 3 aromatic rings. The molecule has 0 spiro atoms. The molecule has 0 amide bonds. The minimum Gasteiger partial charge on any atom is -0.465 e. The lowest BCUT2D eigenvalue weighted by Gasteiger charge is -2.15. The average Bonchev–Trinajstić information content (AvgIpc) is 3.08. The quantitative estimate of drug-likeness (QED) is 0.671.